The Hall–Kier alpha value is -4.03. The van der Waals surface area contributed by atoms with Crippen molar-refractivity contribution < 1.29 is 28.8 Å². The SMILES string of the molecule is COc1cc(C)cc2c(-c3c(OC(C)C)cc(OC(C)C)cc3[C@@H](O)C(C)=O)ccc(OCc3ccccc3)c12. The van der Waals surface area contributed by atoms with Crippen LogP contribution in [0, 0.1) is 6.92 Å². The van der Waals surface area contributed by atoms with E-state index in [-0.39, 0.29) is 18.0 Å². The number of fused-ring (bicyclic) bond motifs is 1. The van der Waals surface area contributed by atoms with Crippen LogP contribution in [0.2, 0.25) is 0 Å². The zero-order valence-electron chi connectivity index (χ0n) is 24.3. The van der Waals surface area contributed by atoms with Crippen molar-refractivity contribution in [2.24, 2.45) is 0 Å². The largest absolute Gasteiger partial charge is 0.496 e. The number of aliphatic hydroxyl groups is 1. The average molecular weight is 543 g/mol. The van der Waals surface area contributed by atoms with Gasteiger partial charge in [-0.2, -0.15) is 0 Å². The summed E-state index contributed by atoms with van der Waals surface area (Å²) in [4.78, 5) is 12.5. The van der Waals surface area contributed by atoms with E-state index in [0.717, 1.165) is 27.5 Å². The molecule has 6 nitrogen and oxygen atoms in total. The number of Topliss-reactive ketones (excluding diaryl/α,β-unsaturated/α-hetero) is 1. The lowest BCUT2D eigenvalue weighted by atomic mass is 9.89. The minimum atomic E-state index is -1.36. The predicted octanol–water partition coefficient (Wildman–Crippen LogP) is 7.60. The molecule has 0 aromatic heterocycles. The second-order valence-electron chi connectivity index (χ2n) is 10.5. The molecule has 0 aliphatic rings. The van der Waals surface area contributed by atoms with Crippen molar-refractivity contribution in [1.82, 2.24) is 0 Å². The van der Waals surface area contributed by atoms with Gasteiger partial charge in [0.05, 0.1) is 24.7 Å². The number of ketones is 1. The van der Waals surface area contributed by atoms with Gasteiger partial charge in [-0.25, -0.2) is 0 Å². The van der Waals surface area contributed by atoms with Gasteiger partial charge in [0.1, 0.15) is 35.7 Å². The van der Waals surface area contributed by atoms with E-state index >= 15 is 0 Å². The number of hydrogen-bond donors (Lipinski definition) is 1. The molecule has 0 saturated heterocycles. The maximum absolute atomic E-state index is 12.5. The molecule has 0 aliphatic carbocycles. The highest BCUT2D eigenvalue weighted by Gasteiger charge is 2.26. The molecule has 0 unspecified atom stereocenters. The number of hydrogen-bond acceptors (Lipinski definition) is 6. The average Bonchev–Trinajstić information content (AvgIpc) is 2.90. The molecule has 6 heteroatoms. The molecule has 0 heterocycles. The predicted molar refractivity (Wildman–Crippen MR) is 159 cm³/mol. The van der Waals surface area contributed by atoms with E-state index in [9.17, 15) is 9.90 Å². The number of aliphatic hydroxyl groups excluding tert-OH is 1. The summed E-state index contributed by atoms with van der Waals surface area (Å²) in [5.74, 6) is 1.99. The van der Waals surface area contributed by atoms with Crippen molar-refractivity contribution in [3.63, 3.8) is 0 Å². The minimum absolute atomic E-state index is 0.103. The van der Waals surface area contributed by atoms with Crippen LogP contribution >= 0.6 is 0 Å². The van der Waals surface area contributed by atoms with E-state index in [0.29, 0.717) is 40.7 Å². The first-order chi connectivity index (χ1) is 19.1. The number of benzene rings is 4. The summed E-state index contributed by atoms with van der Waals surface area (Å²) < 4.78 is 24.4. The fourth-order valence-electron chi connectivity index (χ4n) is 4.81. The van der Waals surface area contributed by atoms with E-state index < -0.39 is 6.10 Å². The molecule has 40 heavy (non-hydrogen) atoms. The summed E-state index contributed by atoms with van der Waals surface area (Å²) >= 11 is 0. The lowest BCUT2D eigenvalue weighted by Gasteiger charge is -2.24. The normalized spacial score (nSPS) is 12.1. The second-order valence-corrected chi connectivity index (χ2v) is 10.5. The zero-order chi connectivity index (χ0) is 29.0. The van der Waals surface area contributed by atoms with Crippen LogP contribution in [-0.2, 0) is 11.4 Å². The van der Waals surface area contributed by atoms with Gasteiger partial charge in [-0.05, 0) is 87.9 Å². The molecule has 4 rings (SSSR count). The third-order valence-electron chi connectivity index (χ3n) is 6.43. The minimum Gasteiger partial charge on any atom is -0.496 e. The Labute approximate surface area is 236 Å². The third-order valence-corrected chi connectivity index (χ3v) is 6.43. The second kappa shape index (κ2) is 12.4. The van der Waals surface area contributed by atoms with Crippen LogP contribution in [0.5, 0.6) is 23.0 Å². The molecule has 0 aliphatic heterocycles. The Morgan fingerprint density at radius 3 is 2.17 bits per heavy atom. The summed E-state index contributed by atoms with van der Waals surface area (Å²) in [5, 5.41) is 12.8. The number of methoxy groups -OCH3 is 1. The lowest BCUT2D eigenvalue weighted by Crippen LogP contribution is -2.14. The standard InChI is InChI=1S/C34H38O6/c1-20(2)39-25-17-28(34(36)23(6)35)32(31(18-25)40-21(3)4)26-13-14-29(38-19-24-11-9-8-10-12-24)33-27(26)15-22(5)16-30(33)37-7/h8-18,20-21,34,36H,19H2,1-7H3/t34-/m0/s1. The van der Waals surface area contributed by atoms with Gasteiger partial charge in [-0.1, -0.05) is 36.4 Å². The Kier molecular flexibility index (Phi) is 9.00. The molecule has 0 radical (unpaired) electrons. The Morgan fingerprint density at radius 1 is 0.850 bits per heavy atom. The van der Waals surface area contributed by atoms with Crippen LogP contribution in [0.3, 0.4) is 0 Å². The summed E-state index contributed by atoms with van der Waals surface area (Å²) in [5.41, 5.74) is 3.86. The Bertz CT molecular complexity index is 1490. The van der Waals surface area contributed by atoms with E-state index in [1.165, 1.54) is 6.92 Å². The van der Waals surface area contributed by atoms with Gasteiger partial charge in [0.15, 0.2) is 5.78 Å². The molecule has 0 amide bonds. The number of ether oxygens (including phenoxy) is 4. The topological polar surface area (TPSA) is 74.2 Å². The van der Waals surface area contributed by atoms with Crippen molar-refractivity contribution in [2.75, 3.05) is 7.11 Å². The van der Waals surface area contributed by atoms with Gasteiger partial charge in [0, 0.05) is 17.2 Å². The summed E-state index contributed by atoms with van der Waals surface area (Å²) in [6.45, 7) is 11.5. The lowest BCUT2D eigenvalue weighted by molar-refractivity contribution is -0.125. The first-order valence-corrected chi connectivity index (χ1v) is 13.6. The summed E-state index contributed by atoms with van der Waals surface area (Å²) in [7, 11) is 1.64. The summed E-state index contributed by atoms with van der Waals surface area (Å²) in [6.07, 6.45) is -1.63. The Balaban J connectivity index is 2.01. The van der Waals surface area contributed by atoms with E-state index in [1.54, 1.807) is 13.2 Å². The van der Waals surface area contributed by atoms with Gasteiger partial charge in [0.25, 0.3) is 0 Å². The van der Waals surface area contributed by atoms with Crippen LogP contribution in [0.1, 0.15) is 57.4 Å². The van der Waals surface area contributed by atoms with Crippen LogP contribution in [-0.4, -0.2) is 30.2 Å². The number of aryl methyl sites for hydroxylation is 1. The molecule has 0 fully saturated rings. The fraction of sp³-hybridized carbons (Fsp3) is 0.324. The van der Waals surface area contributed by atoms with Gasteiger partial charge in [-0.15, -0.1) is 0 Å². The maximum atomic E-state index is 12.5. The summed E-state index contributed by atoms with van der Waals surface area (Å²) in [6, 6.07) is 21.4. The highest BCUT2D eigenvalue weighted by Crippen LogP contribution is 2.47. The van der Waals surface area contributed by atoms with Crippen molar-refractivity contribution >= 4 is 16.6 Å². The molecule has 0 spiro atoms. The van der Waals surface area contributed by atoms with Crippen LogP contribution in [0.25, 0.3) is 21.9 Å². The highest BCUT2D eigenvalue weighted by molar-refractivity contribution is 6.06. The first kappa shape index (κ1) is 29.0. The Morgan fingerprint density at radius 2 is 1.55 bits per heavy atom. The van der Waals surface area contributed by atoms with E-state index in [1.807, 2.05) is 89.2 Å². The smallest absolute Gasteiger partial charge is 0.162 e. The van der Waals surface area contributed by atoms with Crippen LogP contribution in [0.4, 0.5) is 0 Å². The number of carbonyl (C=O) groups is 1. The van der Waals surface area contributed by atoms with E-state index in [4.69, 9.17) is 18.9 Å². The molecule has 1 N–H and O–H groups in total. The quantitative estimate of drug-likeness (QED) is 0.210. The molecule has 4 aromatic carbocycles. The number of rotatable bonds is 11. The van der Waals surface area contributed by atoms with Gasteiger partial charge >= 0.3 is 0 Å². The first-order valence-electron chi connectivity index (χ1n) is 13.6. The van der Waals surface area contributed by atoms with Crippen molar-refractivity contribution in [1.29, 1.82) is 0 Å². The van der Waals surface area contributed by atoms with Crippen LogP contribution in [0.15, 0.2) is 66.7 Å². The molecule has 0 saturated carbocycles. The number of carbonyl (C=O) groups excluding carboxylic acids is 1. The van der Waals surface area contributed by atoms with Crippen molar-refractivity contribution in [2.45, 2.75) is 66.5 Å². The van der Waals surface area contributed by atoms with Crippen LogP contribution < -0.4 is 18.9 Å². The molecule has 4 aromatic rings. The molecule has 210 valence electrons. The maximum Gasteiger partial charge on any atom is 0.162 e. The van der Waals surface area contributed by atoms with Gasteiger partial charge < -0.3 is 24.1 Å². The molecular weight excluding hydrogens is 504 g/mol. The fourth-order valence-corrected chi connectivity index (χ4v) is 4.81. The van der Waals surface area contributed by atoms with Gasteiger partial charge in [-0.3, -0.25) is 4.79 Å². The monoisotopic (exact) mass is 542 g/mol. The van der Waals surface area contributed by atoms with E-state index in [2.05, 4.69) is 6.07 Å². The van der Waals surface area contributed by atoms with Gasteiger partial charge in [0.2, 0.25) is 0 Å². The molecule has 1 atom stereocenters. The molecular formula is C34H38O6. The van der Waals surface area contributed by atoms with Crippen molar-refractivity contribution in [3.05, 3.63) is 83.4 Å². The molecule has 0 bridgehead atoms. The highest BCUT2D eigenvalue weighted by atomic mass is 16.5. The zero-order valence-corrected chi connectivity index (χ0v) is 24.3. The van der Waals surface area contributed by atoms with Crippen molar-refractivity contribution in [3.8, 4) is 34.1 Å². The third kappa shape index (κ3) is 6.40.